The molecule has 2 rings (SSSR count). The molecule has 3 heteroatoms. The molecule has 2 atom stereocenters. The van der Waals surface area contributed by atoms with Gasteiger partial charge in [-0.1, -0.05) is 6.92 Å². The highest BCUT2D eigenvalue weighted by Gasteiger charge is 2.38. The summed E-state index contributed by atoms with van der Waals surface area (Å²) in [6.45, 7) is 4.53. The third-order valence-electron chi connectivity index (χ3n) is 2.91. The molecule has 1 aromatic heterocycles. The fourth-order valence-corrected chi connectivity index (χ4v) is 1.98. The first kappa shape index (κ1) is 9.71. The number of aryl methyl sites for hydroxylation is 1. The Bertz CT molecular complexity index is 292. The highest BCUT2D eigenvalue weighted by atomic mass is 15.2. The van der Waals surface area contributed by atoms with Crippen LogP contribution in [0.5, 0.6) is 0 Å². The Morgan fingerprint density at radius 3 is 3.14 bits per heavy atom. The Kier molecular flexibility index (Phi) is 2.87. The minimum atomic E-state index is 0.771. The Morgan fingerprint density at radius 1 is 1.64 bits per heavy atom. The van der Waals surface area contributed by atoms with Crippen LogP contribution >= 0.6 is 0 Å². The summed E-state index contributed by atoms with van der Waals surface area (Å²) < 4.78 is 1.89. The van der Waals surface area contributed by atoms with Crippen molar-refractivity contribution in [1.29, 1.82) is 0 Å². The van der Waals surface area contributed by atoms with E-state index in [1.165, 1.54) is 24.9 Å². The average molecular weight is 193 g/mol. The molecule has 1 aromatic rings. The largest absolute Gasteiger partial charge is 0.316 e. The smallest absolute Gasteiger partial charge is 0.0524 e. The predicted molar refractivity (Wildman–Crippen MR) is 57.2 cm³/mol. The molecule has 3 nitrogen and oxygen atoms in total. The van der Waals surface area contributed by atoms with E-state index < -0.39 is 0 Å². The van der Waals surface area contributed by atoms with E-state index in [1.54, 1.807) is 0 Å². The fourth-order valence-electron chi connectivity index (χ4n) is 1.98. The summed E-state index contributed by atoms with van der Waals surface area (Å²) in [5, 5.41) is 7.68. The number of nitrogens with zero attached hydrogens (tertiary/aromatic N) is 2. The Labute approximate surface area is 85.5 Å². The van der Waals surface area contributed by atoms with E-state index >= 15 is 0 Å². The SMILES string of the molecule is CCCNCC1CC1c1cnn(C)c1. The quantitative estimate of drug-likeness (QED) is 0.719. The van der Waals surface area contributed by atoms with Crippen LogP contribution in [0.4, 0.5) is 0 Å². The van der Waals surface area contributed by atoms with Gasteiger partial charge in [0.25, 0.3) is 0 Å². The van der Waals surface area contributed by atoms with E-state index in [4.69, 9.17) is 0 Å². The summed E-state index contributed by atoms with van der Waals surface area (Å²) in [5.74, 6) is 1.62. The Balaban J connectivity index is 1.76. The molecule has 1 aliphatic carbocycles. The second-order valence-corrected chi connectivity index (χ2v) is 4.25. The molecule has 0 radical (unpaired) electrons. The maximum atomic E-state index is 4.21. The van der Waals surface area contributed by atoms with Crippen molar-refractivity contribution in [3.8, 4) is 0 Å². The molecule has 1 saturated carbocycles. The monoisotopic (exact) mass is 193 g/mol. The molecule has 1 N–H and O–H groups in total. The predicted octanol–water partition coefficient (Wildman–Crippen LogP) is 1.52. The standard InChI is InChI=1S/C11H19N3/c1-3-4-12-6-9-5-11(9)10-7-13-14(2)8-10/h7-9,11-12H,3-6H2,1-2H3. The number of hydrogen-bond donors (Lipinski definition) is 1. The highest BCUT2D eigenvalue weighted by molar-refractivity contribution is 5.20. The van der Waals surface area contributed by atoms with Gasteiger partial charge in [-0.15, -0.1) is 0 Å². The Hall–Kier alpha value is -0.830. The van der Waals surface area contributed by atoms with Gasteiger partial charge in [0.15, 0.2) is 0 Å². The lowest BCUT2D eigenvalue weighted by Gasteiger charge is -2.00. The van der Waals surface area contributed by atoms with Gasteiger partial charge in [0.2, 0.25) is 0 Å². The van der Waals surface area contributed by atoms with Gasteiger partial charge in [0, 0.05) is 13.2 Å². The van der Waals surface area contributed by atoms with Crippen LogP contribution in [0.3, 0.4) is 0 Å². The molecular formula is C11H19N3. The van der Waals surface area contributed by atoms with E-state index in [9.17, 15) is 0 Å². The van der Waals surface area contributed by atoms with Crippen molar-refractivity contribution in [3.05, 3.63) is 18.0 Å². The molecule has 0 aromatic carbocycles. The van der Waals surface area contributed by atoms with Crippen LogP contribution in [-0.4, -0.2) is 22.9 Å². The van der Waals surface area contributed by atoms with E-state index in [-0.39, 0.29) is 0 Å². The normalized spacial score (nSPS) is 25.3. The maximum absolute atomic E-state index is 4.21. The zero-order valence-corrected chi connectivity index (χ0v) is 9.03. The van der Waals surface area contributed by atoms with E-state index in [0.717, 1.165) is 18.4 Å². The van der Waals surface area contributed by atoms with Gasteiger partial charge < -0.3 is 5.32 Å². The molecule has 14 heavy (non-hydrogen) atoms. The lowest BCUT2D eigenvalue weighted by Crippen LogP contribution is -2.17. The van der Waals surface area contributed by atoms with Gasteiger partial charge in [-0.3, -0.25) is 4.68 Å². The van der Waals surface area contributed by atoms with Crippen LogP contribution in [0.25, 0.3) is 0 Å². The summed E-state index contributed by atoms with van der Waals surface area (Å²) in [5.41, 5.74) is 1.41. The molecule has 1 aliphatic rings. The first-order chi connectivity index (χ1) is 6.81. The van der Waals surface area contributed by atoms with Crippen molar-refractivity contribution in [3.63, 3.8) is 0 Å². The van der Waals surface area contributed by atoms with Gasteiger partial charge in [0.05, 0.1) is 6.20 Å². The second-order valence-electron chi connectivity index (χ2n) is 4.25. The average Bonchev–Trinajstić information content (AvgIpc) is 2.81. The first-order valence-electron chi connectivity index (χ1n) is 5.50. The molecule has 0 saturated heterocycles. The minimum absolute atomic E-state index is 0.771. The Morgan fingerprint density at radius 2 is 2.50 bits per heavy atom. The van der Waals surface area contributed by atoms with Crippen molar-refractivity contribution in [2.75, 3.05) is 13.1 Å². The van der Waals surface area contributed by atoms with Gasteiger partial charge in [0.1, 0.15) is 0 Å². The minimum Gasteiger partial charge on any atom is -0.316 e. The molecule has 0 bridgehead atoms. The van der Waals surface area contributed by atoms with Crippen LogP contribution in [0, 0.1) is 5.92 Å². The van der Waals surface area contributed by atoms with E-state index in [0.29, 0.717) is 0 Å². The van der Waals surface area contributed by atoms with E-state index in [2.05, 4.69) is 23.5 Å². The lowest BCUT2D eigenvalue weighted by molar-refractivity contribution is 0.620. The first-order valence-corrected chi connectivity index (χ1v) is 5.50. The molecule has 0 spiro atoms. The molecular weight excluding hydrogens is 174 g/mol. The zero-order valence-electron chi connectivity index (χ0n) is 9.03. The third kappa shape index (κ3) is 2.15. The molecule has 1 fully saturated rings. The summed E-state index contributed by atoms with van der Waals surface area (Å²) in [7, 11) is 1.98. The maximum Gasteiger partial charge on any atom is 0.0524 e. The number of aromatic nitrogens is 2. The van der Waals surface area contributed by atoms with Gasteiger partial charge in [-0.25, -0.2) is 0 Å². The summed E-state index contributed by atoms with van der Waals surface area (Å²) in [6, 6.07) is 0. The molecule has 0 amide bonds. The van der Waals surface area contributed by atoms with Gasteiger partial charge >= 0.3 is 0 Å². The van der Waals surface area contributed by atoms with Crippen LogP contribution in [0.2, 0.25) is 0 Å². The van der Waals surface area contributed by atoms with Gasteiger partial charge in [-0.05, 0) is 43.3 Å². The van der Waals surface area contributed by atoms with Crippen molar-refractivity contribution in [2.45, 2.75) is 25.7 Å². The van der Waals surface area contributed by atoms with Gasteiger partial charge in [-0.2, -0.15) is 5.10 Å². The molecule has 0 aliphatic heterocycles. The molecule has 1 heterocycles. The topological polar surface area (TPSA) is 29.9 Å². The summed E-state index contributed by atoms with van der Waals surface area (Å²) in [6.07, 6.45) is 6.71. The van der Waals surface area contributed by atoms with Crippen LogP contribution in [0.1, 0.15) is 31.2 Å². The number of nitrogens with one attached hydrogen (secondary N) is 1. The van der Waals surface area contributed by atoms with Crippen molar-refractivity contribution < 1.29 is 0 Å². The van der Waals surface area contributed by atoms with Crippen molar-refractivity contribution in [2.24, 2.45) is 13.0 Å². The van der Waals surface area contributed by atoms with Crippen LogP contribution < -0.4 is 5.32 Å². The van der Waals surface area contributed by atoms with Crippen LogP contribution in [-0.2, 0) is 7.05 Å². The summed E-state index contributed by atoms with van der Waals surface area (Å²) in [4.78, 5) is 0. The van der Waals surface area contributed by atoms with Crippen LogP contribution in [0.15, 0.2) is 12.4 Å². The summed E-state index contributed by atoms with van der Waals surface area (Å²) >= 11 is 0. The van der Waals surface area contributed by atoms with E-state index in [1.807, 2.05) is 17.9 Å². The third-order valence-corrected chi connectivity index (χ3v) is 2.91. The fraction of sp³-hybridized carbons (Fsp3) is 0.727. The van der Waals surface area contributed by atoms with Crippen molar-refractivity contribution >= 4 is 0 Å². The molecule has 2 unspecified atom stereocenters. The highest BCUT2D eigenvalue weighted by Crippen LogP contribution is 2.46. The zero-order chi connectivity index (χ0) is 9.97. The lowest BCUT2D eigenvalue weighted by atomic mass is 10.2. The molecule has 78 valence electrons. The number of hydrogen-bond acceptors (Lipinski definition) is 2. The van der Waals surface area contributed by atoms with Crippen molar-refractivity contribution in [1.82, 2.24) is 15.1 Å². The second kappa shape index (κ2) is 4.13. The number of rotatable bonds is 5.